The van der Waals surface area contributed by atoms with Crippen molar-refractivity contribution < 1.29 is 9.59 Å². The summed E-state index contributed by atoms with van der Waals surface area (Å²) in [5.74, 6) is -0.180. The van der Waals surface area contributed by atoms with Gasteiger partial charge in [0.15, 0.2) is 4.34 Å². The molecule has 1 aliphatic rings. The highest BCUT2D eigenvalue weighted by Crippen LogP contribution is 2.35. The van der Waals surface area contributed by atoms with Gasteiger partial charge >= 0.3 is 0 Å². The second-order valence-electron chi connectivity index (χ2n) is 7.56. The number of nitrogens with zero attached hydrogens (tertiary/aromatic N) is 2. The fraction of sp³-hybridized carbons (Fsp3) is 0.120. The highest BCUT2D eigenvalue weighted by molar-refractivity contribution is 8.01. The number of amides is 2. The van der Waals surface area contributed by atoms with Crippen LogP contribution in [0.15, 0.2) is 71.1 Å². The number of hydrogen-bond donors (Lipinski definition) is 2. The molecule has 2 N–H and O–H groups in total. The van der Waals surface area contributed by atoms with Crippen molar-refractivity contribution in [2.45, 2.75) is 17.2 Å². The molecule has 0 bridgehead atoms. The molecule has 4 aromatic rings. The third-order valence-electron chi connectivity index (χ3n) is 5.34. The van der Waals surface area contributed by atoms with E-state index in [2.05, 4.69) is 39.0 Å². The van der Waals surface area contributed by atoms with Crippen molar-refractivity contribution in [3.05, 3.63) is 83.4 Å². The van der Waals surface area contributed by atoms with Gasteiger partial charge in [0.1, 0.15) is 0 Å². The Morgan fingerprint density at radius 3 is 2.61 bits per heavy atom. The molecule has 8 heteroatoms. The molecule has 0 saturated carbocycles. The van der Waals surface area contributed by atoms with E-state index in [1.807, 2.05) is 42.5 Å². The van der Waals surface area contributed by atoms with Gasteiger partial charge in [0.05, 0.1) is 5.75 Å². The lowest BCUT2D eigenvalue weighted by molar-refractivity contribution is -0.114. The smallest absolute Gasteiger partial charge is 0.250 e. The fourth-order valence-corrected chi connectivity index (χ4v) is 5.43. The molecule has 2 amide bonds. The molecule has 0 aliphatic heterocycles. The maximum atomic E-state index is 12.6. The number of aryl methyl sites for hydroxylation is 2. The van der Waals surface area contributed by atoms with Gasteiger partial charge in [0.25, 0.3) is 0 Å². The summed E-state index contributed by atoms with van der Waals surface area (Å²) in [5.41, 5.74) is 4.45. The summed E-state index contributed by atoms with van der Waals surface area (Å²) in [5, 5.41) is 16.5. The quantitative estimate of drug-likeness (QED) is 0.220. The summed E-state index contributed by atoms with van der Waals surface area (Å²) in [6.45, 7) is 0. The number of thioether (sulfide) groups is 1. The van der Waals surface area contributed by atoms with E-state index in [9.17, 15) is 9.59 Å². The Balaban J connectivity index is 1.16. The third-order valence-corrected chi connectivity index (χ3v) is 7.31. The minimum Gasteiger partial charge on any atom is -0.325 e. The van der Waals surface area contributed by atoms with E-state index in [4.69, 9.17) is 0 Å². The van der Waals surface area contributed by atoms with Crippen molar-refractivity contribution >= 4 is 62.6 Å². The van der Waals surface area contributed by atoms with Crippen molar-refractivity contribution in [1.82, 2.24) is 10.2 Å². The van der Waals surface area contributed by atoms with Gasteiger partial charge in [-0.1, -0.05) is 77.7 Å². The number of hydrogen-bond acceptors (Lipinski definition) is 6. The second kappa shape index (κ2) is 9.56. The largest absolute Gasteiger partial charge is 0.325 e. The molecule has 0 radical (unpaired) electrons. The Morgan fingerprint density at radius 2 is 1.76 bits per heavy atom. The van der Waals surface area contributed by atoms with Crippen LogP contribution in [0.1, 0.15) is 16.7 Å². The van der Waals surface area contributed by atoms with E-state index in [1.54, 1.807) is 6.08 Å². The molecule has 33 heavy (non-hydrogen) atoms. The molecule has 0 saturated heterocycles. The van der Waals surface area contributed by atoms with Gasteiger partial charge in [-0.15, -0.1) is 10.2 Å². The monoisotopic (exact) mass is 472 g/mol. The Morgan fingerprint density at radius 1 is 0.939 bits per heavy atom. The van der Waals surface area contributed by atoms with Crippen molar-refractivity contribution in [1.29, 1.82) is 0 Å². The number of carbonyl (C=O) groups is 2. The summed E-state index contributed by atoms with van der Waals surface area (Å²) in [6, 6.07) is 19.9. The zero-order chi connectivity index (χ0) is 22.6. The Labute approximate surface area is 199 Å². The zero-order valence-corrected chi connectivity index (χ0v) is 19.2. The van der Waals surface area contributed by atoms with Crippen LogP contribution in [-0.4, -0.2) is 27.8 Å². The summed E-state index contributed by atoms with van der Waals surface area (Å²) in [4.78, 5) is 24.7. The first-order valence-electron chi connectivity index (χ1n) is 10.5. The third kappa shape index (κ3) is 4.97. The maximum Gasteiger partial charge on any atom is 0.250 e. The van der Waals surface area contributed by atoms with Gasteiger partial charge in [-0.2, -0.15) is 0 Å². The number of benzene rings is 3. The number of nitrogens with one attached hydrogen (secondary N) is 2. The highest BCUT2D eigenvalue weighted by Gasteiger charge is 2.17. The molecule has 0 fully saturated rings. The Bertz CT molecular complexity index is 1360. The first-order chi connectivity index (χ1) is 16.2. The van der Waals surface area contributed by atoms with E-state index < -0.39 is 0 Å². The SMILES string of the molecule is O=C(/C=C/c1ccccc1)Nc1nnc(SCC(=O)Nc2ccc3c4c(cccc24)CC3)s1. The average Bonchev–Trinajstić information content (AvgIpc) is 3.47. The summed E-state index contributed by atoms with van der Waals surface area (Å²) < 4.78 is 0.618. The molecule has 1 aliphatic carbocycles. The lowest BCUT2D eigenvalue weighted by Crippen LogP contribution is -2.14. The topological polar surface area (TPSA) is 84.0 Å². The van der Waals surface area contributed by atoms with Crippen LogP contribution in [0.4, 0.5) is 10.8 Å². The minimum atomic E-state index is -0.281. The average molecular weight is 473 g/mol. The predicted octanol–water partition coefficient (Wildman–Crippen LogP) is 5.17. The van der Waals surface area contributed by atoms with E-state index in [0.717, 1.165) is 29.5 Å². The van der Waals surface area contributed by atoms with Crippen LogP contribution in [0.3, 0.4) is 0 Å². The van der Waals surface area contributed by atoms with Gasteiger partial charge in [-0.25, -0.2) is 0 Å². The number of rotatable bonds is 7. The lowest BCUT2D eigenvalue weighted by atomic mass is 10.0. The molecule has 164 valence electrons. The molecule has 5 rings (SSSR count). The summed E-state index contributed by atoms with van der Waals surface area (Å²) >= 11 is 2.53. The zero-order valence-electron chi connectivity index (χ0n) is 17.6. The molecule has 0 unspecified atom stereocenters. The van der Waals surface area contributed by atoms with Crippen LogP contribution in [0.25, 0.3) is 16.8 Å². The first kappa shape index (κ1) is 21.4. The maximum absolute atomic E-state index is 12.6. The highest BCUT2D eigenvalue weighted by atomic mass is 32.2. The minimum absolute atomic E-state index is 0.106. The summed E-state index contributed by atoms with van der Waals surface area (Å²) in [6.07, 6.45) is 5.29. The van der Waals surface area contributed by atoms with Gasteiger partial charge in [0, 0.05) is 17.1 Å². The fourth-order valence-electron chi connectivity index (χ4n) is 3.87. The van der Waals surface area contributed by atoms with Gasteiger partial charge < -0.3 is 5.32 Å². The molecule has 0 spiro atoms. The van der Waals surface area contributed by atoms with Gasteiger partial charge in [-0.3, -0.25) is 14.9 Å². The first-order valence-corrected chi connectivity index (χ1v) is 12.3. The van der Waals surface area contributed by atoms with Crippen LogP contribution < -0.4 is 10.6 Å². The molecule has 0 atom stereocenters. The summed E-state index contributed by atoms with van der Waals surface area (Å²) in [7, 11) is 0. The van der Waals surface area contributed by atoms with Crippen LogP contribution >= 0.6 is 23.1 Å². The van der Waals surface area contributed by atoms with Crippen molar-refractivity contribution in [2.24, 2.45) is 0 Å². The van der Waals surface area contributed by atoms with E-state index in [-0.39, 0.29) is 17.6 Å². The van der Waals surface area contributed by atoms with Crippen LogP contribution in [-0.2, 0) is 22.4 Å². The van der Waals surface area contributed by atoms with Gasteiger partial charge in [0.2, 0.25) is 16.9 Å². The van der Waals surface area contributed by atoms with E-state index >= 15 is 0 Å². The van der Waals surface area contributed by atoms with Crippen LogP contribution in [0.5, 0.6) is 0 Å². The molecule has 1 aromatic heterocycles. The Kier molecular flexibility index (Phi) is 6.19. The van der Waals surface area contributed by atoms with E-state index in [1.165, 1.54) is 45.7 Å². The Hall–Kier alpha value is -3.49. The standard InChI is InChI=1S/C25H20N4O2S2/c30-21(14-9-16-5-2-1-3-6-16)27-24-28-29-25(33-24)32-15-22(31)26-20-13-12-18-11-10-17-7-4-8-19(20)23(17)18/h1-9,12-14H,10-11,15H2,(H,26,31)(H,27,28,30)/b14-9+. The molecule has 3 aromatic carbocycles. The number of carbonyl (C=O) groups excluding carboxylic acids is 2. The van der Waals surface area contributed by atoms with Crippen LogP contribution in [0, 0.1) is 0 Å². The second-order valence-corrected chi connectivity index (χ2v) is 9.76. The molecular weight excluding hydrogens is 452 g/mol. The molecule has 1 heterocycles. The van der Waals surface area contributed by atoms with Crippen molar-refractivity contribution in [3.8, 4) is 0 Å². The molecule has 6 nitrogen and oxygen atoms in total. The predicted molar refractivity (Wildman–Crippen MR) is 135 cm³/mol. The number of aromatic nitrogens is 2. The van der Waals surface area contributed by atoms with Gasteiger partial charge in [-0.05, 0) is 47.1 Å². The van der Waals surface area contributed by atoms with E-state index in [0.29, 0.717) is 9.47 Å². The number of anilines is 2. The van der Waals surface area contributed by atoms with Crippen molar-refractivity contribution in [3.63, 3.8) is 0 Å². The molecular formula is C25H20N4O2S2. The normalized spacial score (nSPS) is 12.4. The lowest BCUT2D eigenvalue weighted by Gasteiger charge is -2.10. The van der Waals surface area contributed by atoms with Crippen LogP contribution in [0.2, 0.25) is 0 Å². The van der Waals surface area contributed by atoms with Crippen molar-refractivity contribution in [2.75, 3.05) is 16.4 Å².